The van der Waals surface area contributed by atoms with Crippen molar-refractivity contribution in [1.82, 2.24) is 4.98 Å². The van der Waals surface area contributed by atoms with Crippen molar-refractivity contribution in [3.8, 4) is 0 Å². The Balaban J connectivity index is 2.22. The van der Waals surface area contributed by atoms with Crippen LogP contribution in [0.1, 0.15) is 56.8 Å². The number of anilines is 1. The Morgan fingerprint density at radius 2 is 2.04 bits per heavy atom. The van der Waals surface area contributed by atoms with Crippen LogP contribution in [0.2, 0.25) is 0 Å². The van der Waals surface area contributed by atoms with E-state index in [9.17, 15) is 14.9 Å². The Hall–Kier alpha value is -2.74. The second-order valence-electron chi connectivity index (χ2n) is 7.23. The Morgan fingerprint density at radius 3 is 2.63 bits per heavy atom. The van der Waals surface area contributed by atoms with E-state index >= 15 is 0 Å². The van der Waals surface area contributed by atoms with Gasteiger partial charge in [0, 0.05) is 12.1 Å². The van der Waals surface area contributed by atoms with E-state index in [1.807, 2.05) is 13.8 Å². The molecule has 1 aromatic carbocycles. The number of nitro benzene ring substituents is 1. The van der Waals surface area contributed by atoms with E-state index in [-0.39, 0.29) is 11.6 Å². The van der Waals surface area contributed by atoms with E-state index in [4.69, 9.17) is 4.74 Å². The lowest BCUT2D eigenvalue weighted by Gasteiger charge is -2.19. The molecule has 1 amide bonds. The van der Waals surface area contributed by atoms with Crippen LogP contribution < -0.4 is 5.32 Å². The molecule has 0 aliphatic carbocycles. The van der Waals surface area contributed by atoms with Crippen LogP contribution in [0.4, 0.5) is 15.5 Å². The lowest BCUT2D eigenvalue weighted by Crippen LogP contribution is -2.27. The first-order valence-corrected chi connectivity index (χ1v) is 9.30. The van der Waals surface area contributed by atoms with Crippen LogP contribution in [-0.4, -0.2) is 21.6 Å². The summed E-state index contributed by atoms with van der Waals surface area (Å²) in [5, 5.41) is 15.0. The number of rotatable bonds is 5. The number of carbonyl (C=O) groups is 1. The first-order chi connectivity index (χ1) is 12.5. The maximum absolute atomic E-state index is 12.1. The van der Waals surface area contributed by atoms with E-state index < -0.39 is 16.6 Å². The van der Waals surface area contributed by atoms with Crippen molar-refractivity contribution in [3.63, 3.8) is 0 Å². The number of thiazole rings is 1. The van der Waals surface area contributed by atoms with E-state index in [0.29, 0.717) is 15.6 Å². The van der Waals surface area contributed by atoms with Gasteiger partial charge in [0.05, 0.1) is 10.6 Å². The molecule has 27 heavy (non-hydrogen) atoms. The van der Waals surface area contributed by atoms with Gasteiger partial charge in [-0.1, -0.05) is 43.4 Å². The zero-order chi connectivity index (χ0) is 20.2. The van der Waals surface area contributed by atoms with Crippen LogP contribution in [0.25, 0.3) is 12.2 Å². The fraction of sp³-hybridized carbons (Fsp3) is 0.368. The van der Waals surface area contributed by atoms with Crippen molar-refractivity contribution < 1.29 is 14.5 Å². The van der Waals surface area contributed by atoms with E-state index in [0.717, 1.165) is 5.69 Å². The highest BCUT2D eigenvalue weighted by Gasteiger charge is 2.20. The molecule has 1 N–H and O–H groups in total. The molecule has 7 nitrogen and oxygen atoms in total. The number of benzene rings is 1. The number of hydrogen-bond donors (Lipinski definition) is 1. The van der Waals surface area contributed by atoms with Gasteiger partial charge in [0.25, 0.3) is 5.69 Å². The van der Waals surface area contributed by atoms with Gasteiger partial charge in [-0.05, 0) is 38.3 Å². The SMILES string of the molecule is CC(C)c1nc(C=Cc2cccc([N+](=O)[O-])c2)sc1NC(=O)OC(C)(C)C. The monoisotopic (exact) mass is 389 g/mol. The van der Waals surface area contributed by atoms with E-state index in [1.54, 1.807) is 45.1 Å². The van der Waals surface area contributed by atoms with Gasteiger partial charge >= 0.3 is 6.09 Å². The smallest absolute Gasteiger partial charge is 0.412 e. The summed E-state index contributed by atoms with van der Waals surface area (Å²) < 4.78 is 5.30. The molecule has 0 saturated heterocycles. The molecule has 0 saturated carbocycles. The maximum Gasteiger partial charge on any atom is 0.412 e. The van der Waals surface area contributed by atoms with Gasteiger partial charge in [-0.15, -0.1) is 0 Å². The van der Waals surface area contributed by atoms with Crippen LogP contribution in [0.15, 0.2) is 24.3 Å². The third-order valence-corrected chi connectivity index (χ3v) is 4.28. The van der Waals surface area contributed by atoms with Crippen LogP contribution in [0.5, 0.6) is 0 Å². The van der Waals surface area contributed by atoms with Gasteiger partial charge in [-0.25, -0.2) is 9.78 Å². The van der Waals surface area contributed by atoms with Gasteiger partial charge < -0.3 is 4.74 Å². The molecule has 2 rings (SSSR count). The van der Waals surface area contributed by atoms with Gasteiger partial charge in [-0.2, -0.15) is 0 Å². The number of ether oxygens (including phenoxy) is 1. The minimum absolute atomic E-state index is 0.0337. The molecule has 0 spiro atoms. The molecule has 2 aromatic rings. The van der Waals surface area contributed by atoms with E-state index in [2.05, 4.69) is 10.3 Å². The highest BCUT2D eigenvalue weighted by Crippen LogP contribution is 2.32. The molecule has 0 aliphatic rings. The third kappa shape index (κ3) is 6.18. The highest BCUT2D eigenvalue weighted by molar-refractivity contribution is 7.16. The van der Waals surface area contributed by atoms with Crippen molar-refractivity contribution in [3.05, 3.63) is 50.6 Å². The molecule has 8 heteroatoms. The lowest BCUT2D eigenvalue weighted by atomic mass is 10.1. The fourth-order valence-electron chi connectivity index (χ4n) is 2.21. The summed E-state index contributed by atoms with van der Waals surface area (Å²) >= 11 is 1.33. The van der Waals surface area contributed by atoms with E-state index in [1.165, 1.54) is 23.5 Å². The van der Waals surface area contributed by atoms with Crippen molar-refractivity contribution in [2.75, 3.05) is 5.32 Å². The Kier molecular flexibility index (Phi) is 6.32. The average molecular weight is 389 g/mol. The summed E-state index contributed by atoms with van der Waals surface area (Å²) in [6.07, 6.45) is 3.01. The summed E-state index contributed by atoms with van der Waals surface area (Å²) in [6, 6.07) is 6.35. The number of non-ortho nitro benzene ring substituents is 1. The minimum Gasteiger partial charge on any atom is -0.444 e. The Labute approximate surface area is 162 Å². The topological polar surface area (TPSA) is 94.4 Å². The molecule has 0 fully saturated rings. The molecule has 0 radical (unpaired) electrons. The molecule has 0 aliphatic heterocycles. The summed E-state index contributed by atoms with van der Waals surface area (Å²) in [5.74, 6) is 0.117. The van der Waals surface area contributed by atoms with Crippen LogP contribution in [0.3, 0.4) is 0 Å². The van der Waals surface area contributed by atoms with Crippen LogP contribution in [0, 0.1) is 10.1 Å². The summed E-state index contributed by atoms with van der Waals surface area (Å²) in [4.78, 5) is 27.1. The minimum atomic E-state index is -0.586. The van der Waals surface area contributed by atoms with Crippen molar-refractivity contribution >= 4 is 40.3 Å². The Bertz CT molecular complexity index is 866. The number of aromatic nitrogens is 1. The number of amides is 1. The zero-order valence-electron chi connectivity index (χ0n) is 16.0. The Morgan fingerprint density at radius 1 is 1.33 bits per heavy atom. The highest BCUT2D eigenvalue weighted by atomic mass is 32.1. The summed E-state index contributed by atoms with van der Waals surface area (Å²) in [6.45, 7) is 9.38. The predicted molar refractivity (Wildman–Crippen MR) is 108 cm³/mol. The molecule has 0 atom stereocenters. The number of carbonyl (C=O) groups excluding carboxylic acids is 1. The van der Waals surface area contributed by atoms with Gasteiger partial charge in [0.15, 0.2) is 0 Å². The van der Waals surface area contributed by atoms with Gasteiger partial charge in [-0.3, -0.25) is 15.4 Å². The molecule has 1 heterocycles. The largest absolute Gasteiger partial charge is 0.444 e. The molecular formula is C19H23N3O4S. The zero-order valence-corrected chi connectivity index (χ0v) is 16.8. The van der Waals surface area contributed by atoms with Gasteiger partial charge in [0.1, 0.15) is 15.6 Å². The summed E-state index contributed by atoms with van der Waals surface area (Å²) in [5.41, 5.74) is 0.917. The fourth-order valence-corrected chi connectivity index (χ4v) is 3.22. The quantitative estimate of drug-likeness (QED) is 0.523. The number of nitrogens with zero attached hydrogens (tertiary/aromatic N) is 2. The van der Waals surface area contributed by atoms with Crippen molar-refractivity contribution in [2.45, 2.75) is 46.1 Å². The first-order valence-electron chi connectivity index (χ1n) is 8.48. The predicted octanol–water partition coefficient (Wildman–Crippen LogP) is 5.69. The maximum atomic E-state index is 12.1. The molecule has 0 unspecified atom stereocenters. The number of hydrogen-bond acceptors (Lipinski definition) is 6. The van der Waals surface area contributed by atoms with Crippen molar-refractivity contribution in [1.29, 1.82) is 0 Å². The second kappa shape index (κ2) is 8.30. The third-order valence-electron chi connectivity index (χ3n) is 3.33. The normalized spacial score (nSPS) is 11.8. The molecule has 144 valence electrons. The first kappa shape index (κ1) is 20.6. The molecule has 0 bridgehead atoms. The standard InChI is InChI=1S/C19H23N3O4S/c1-12(2)16-17(21-18(23)26-19(3,4)5)27-15(20-16)10-9-13-7-6-8-14(11-13)22(24)25/h6-12H,1-5H3,(H,21,23). The molecule has 1 aromatic heterocycles. The van der Waals surface area contributed by atoms with Gasteiger partial charge in [0.2, 0.25) is 0 Å². The number of nitrogens with one attached hydrogen (secondary N) is 1. The number of nitro groups is 1. The summed E-state index contributed by atoms with van der Waals surface area (Å²) in [7, 11) is 0. The van der Waals surface area contributed by atoms with Crippen LogP contribution in [-0.2, 0) is 4.74 Å². The second-order valence-corrected chi connectivity index (χ2v) is 8.26. The molecular weight excluding hydrogens is 366 g/mol. The average Bonchev–Trinajstić information content (AvgIpc) is 2.94. The van der Waals surface area contributed by atoms with Crippen molar-refractivity contribution in [2.24, 2.45) is 0 Å². The van der Waals surface area contributed by atoms with Crippen LogP contribution >= 0.6 is 11.3 Å². The lowest BCUT2D eigenvalue weighted by molar-refractivity contribution is -0.384.